The van der Waals surface area contributed by atoms with Crippen LogP contribution >= 0.6 is 11.3 Å². The Balaban J connectivity index is 2.50. The molecule has 2 rings (SSSR count). The zero-order valence-corrected chi connectivity index (χ0v) is 12.0. The third kappa shape index (κ3) is 2.85. The van der Waals surface area contributed by atoms with Crippen LogP contribution in [-0.2, 0) is 5.41 Å². The SMILES string of the molecule is CCNc1cc(C(C)(C)C)nc(-c2cncs2)n1. The molecule has 0 radical (unpaired) electrons. The minimum atomic E-state index is 0.00650. The van der Waals surface area contributed by atoms with E-state index in [2.05, 4.69) is 48.0 Å². The van der Waals surface area contributed by atoms with Gasteiger partial charge in [0.05, 0.1) is 16.1 Å². The number of anilines is 1. The molecule has 0 unspecified atom stereocenters. The topological polar surface area (TPSA) is 50.7 Å². The van der Waals surface area contributed by atoms with Crippen molar-refractivity contribution in [2.24, 2.45) is 0 Å². The first-order chi connectivity index (χ1) is 8.50. The first kappa shape index (κ1) is 13.0. The normalized spacial score (nSPS) is 11.6. The zero-order valence-electron chi connectivity index (χ0n) is 11.2. The van der Waals surface area contributed by atoms with Crippen molar-refractivity contribution < 1.29 is 0 Å². The summed E-state index contributed by atoms with van der Waals surface area (Å²) < 4.78 is 0. The van der Waals surface area contributed by atoms with Gasteiger partial charge in [-0.3, -0.25) is 4.98 Å². The van der Waals surface area contributed by atoms with Crippen LogP contribution in [0.25, 0.3) is 10.7 Å². The molecule has 0 atom stereocenters. The van der Waals surface area contributed by atoms with Crippen LogP contribution < -0.4 is 5.32 Å². The Kier molecular flexibility index (Phi) is 3.61. The molecule has 0 amide bonds. The van der Waals surface area contributed by atoms with Crippen molar-refractivity contribution in [2.45, 2.75) is 33.1 Å². The Morgan fingerprint density at radius 1 is 1.28 bits per heavy atom. The van der Waals surface area contributed by atoms with Crippen molar-refractivity contribution in [2.75, 3.05) is 11.9 Å². The Hall–Kier alpha value is -1.49. The van der Waals surface area contributed by atoms with Gasteiger partial charge in [0.15, 0.2) is 5.82 Å². The van der Waals surface area contributed by atoms with E-state index in [1.807, 2.05) is 12.3 Å². The molecule has 0 aliphatic rings. The van der Waals surface area contributed by atoms with E-state index in [1.54, 1.807) is 16.8 Å². The molecule has 2 aromatic heterocycles. The highest BCUT2D eigenvalue weighted by Gasteiger charge is 2.18. The van der Waals surface area contributed by atoms with E-state index in [9.17, 15) is 0 Å². The fourth-order valence-electron chi connectivity index (χ4n) is 1.54. The fraction of sp³-hybridized carbons (Fsp3) is 0.462. The predicted octanol–water partition coefficient (Wildman–Crippen LogP) is 3.33. The lowest BCUT2D eigenvalue weighted by Gasteiger charge is -2.19. The van der Waals surface area contributed by atoms with Crippen LogP contribution in [0.4, 0.5) is 5.82 Å². The van der Waals surface area contributed by atoms with Gasteiger partial charge in [-0.05, 0) is 6.92 Å². The summed E-state index contributed by atoms with van der Waals surface area (Å²) in [5.41, 5.74) is 2.85. The summed E-state index contributed by atoms with van der Waals surface area (Å²) in [6.45, 7) is 9.37. The van der Waals surface area contributed by atoms with Crippen LogP contribution in [0, 0.1) is 0 Å². The Bertz CT molecular complexity index is 514. The van der Waals surface area contributed by atoms with E-state index in [0.717, 1.165) is 28.8 Å². The largest absolute Gasteiger partial charge is 0.370 e. The average Bonchev–Trinajstić information content (AvgIpc) is 2.81. The minimum absolute atomic E-state index is 0.00650. The maximum absolute atomic E-state index is 4.65. The number of nitrogens with one attached hydrogen (secondary N) is 1. The van der Waals surface area contributed by atoms with Gasteiger partial charge in [-0.15, -0.1) is 11.3 Å². The molecule has 4 nitrogen and oxygen atoms in total. The van der Waals surface area contributed by atoms with Crippen LogP contribution in [-0.4, -0.2) is 21.5 Å². The molecular weight excluding hydrogens is 244 g/mol. The van der Waals surface area contributed by atoms with Crippen LogP contribution in [0.5, 0.6) is 0 Å². The van der Waals surface area contributed by atoms with Crippen molar-refractivity contribution in [1.82, 2.24) is 15.0 Å². The Morgan fingerprint density at radius 2 is 2.06 bits per heavy atom. The lowest BCUT2D eigenvalue weighted by Crippen LogP contribution is -2.15. The maximum atomic E-state index is 4.65. The second kappa shape index (κ2) is 5.02. The predicted molar refractivity (Wildman–Crippen MR) is 76.0 cm³/mol. The third-order valence-electron chi connectivity index (χ3n) is 2.51. The smallest absolute Gasteiger partial charge is 0.173 e. The van der Waals surface area contributed by atoms with E-state index < -0.39 is 0 Å². The molecule has 0 fully saturated rings. The van der Waals surface area contributed by atoms with Crippen LogP contribution in [0.1, 0.15) is 33.4 Å². The molecular formula is C13H18N4S. The van der Waals surface area contributed by atoms with Crippen molar-refractivity contribution in [3.63, 3.8) is 0 Å². The molecule has 0 bridgehead atoms. The lowest BCUT2D eigenvalue weighted by molar-refractivity contribution is 0.568. The molecule has 2 aromatic rings. The molecule has 0 aliphatic carbocycles. The average molecular weight is 262 g/mol. The summed E-state index contributed by atoms with van der Waals surface area (Å²) in [4.78, 5) is 14.3. The number of hydrogen-bond acceptors (Lipinski definition) is 5. The van der Waals surface area contributed by atoms with Gasteiger partial charge in [0.1, 0.15) is 5.82 Å². The highest BCUT2D eigenvalue weighted by atomic mass is 32.1. The van der Waals surface area contributed by atoms with Gasteiger partial charge >= 0.3 is 0 Å². The quantitative estimate of drug-likeness (QED) is 0.921. The standard InChI is InChI=1S/C13H18N4S/c1-5-15-11-6-10(13(2,3)4)16-12(17-11)9-7-14-8-18-9/h6-8H,5H2,1-4H3,(H,15,16,17). The number of rotatable bonds is 3. The molecule has 18 heavy (non-hydrogen) atoms. The molecule has 0 saturated carbocycles. The fourth-order valence-corrected chi connectivity index (χ4v) is 2.09. The summed E-state index contributed by atoms with van der Waals surface area (Å²) in [5.74, 6) is 1.63. The second-order valence-corrected chi connectivity index (χ2v) is 5.99. The summed E-state index contributed by atoms with van der Waals surface area (Å²) in [6.07, 6.45) is 1.81. The zero-order chi connectivity index (χ0) is 13.2. The molecule has 0 aliphatic heterocycles. The monoisotopic (exact) mass is 262 g/mol. The van der Waals surface area contributed by atoms with Gasteiger partial charge < -0.3 is 5.32 Å². The van der Waals surface area contributed by atoms with Crippen molar-refractivity contribution in [1.29, 1.82) is 0 Å². The van der Waals surface area contributed by atoms with Gasteiger partial charge in [0.2, 0.25) is 0 Å². The van der Waals surface area contributed by atoms with Crippen molar-refractivity contribution >= 4 is 17.2 Å². The van der Waals surface area contributed by atoms with Gasteiger partial charge in [-0.1, -0.05) is 20.8 Å². The third-order valence-corrected chi connectivity index (χ3v) is 3.27. The molecule has 0 saturated heterocycles. The van der Waals surface area contributed by atoms with Crippen LogP contribution in [0.2, 0.25) is 0 Å². The van der Waals surface area contributed by atoms with Gasteiger partial charge in [-0.2, -0.15) is 0 Å². The molecule has 2 heterocycles. The summed E-state index contributed by atoms with van der Waals surface area (Å²) in [5, 5.41) is 3.26. The second-order valence-electron chi connectivity index (χ2n) is 5.11. The maximum Gasteiger partial charge on any atom is 0.173 e. The molecule has 5 heteroatoms. The molecule has 0 spiro atoms. The highest BCUT2D eigenvalue weighted by molar-refractivity contribution is 7.13. The molecule has 1 N–H and O–H groups in total. The van der Waals surface area contributed by atoms with E-state index in [-0.39, 0.29) is 5.41 Å². The summed E-state index contributed by atoms with van der Waals surface area (Å²) in [7, 11) is 0. The van der Waals surface area contributed by atoms with Crippen LogP contribution in [0.3, 0.4) is 0 Å². The number of thiazole rings is 1. The Labute approximate surface area is 112 Å². The number of nitrogens with zero attached hydrogens (tertiary/aromatic N) is 3. The summed E-state index contributed by atoms with van der Waals surface area (Å²) in [6, 6.07) is 2.02. The van der Waals surface area contributed by atoms with E-state index in [0.29, 0.717) is 0 Å². The van der Waals surface area contributed by atoms with Gasteiger partial charge in [0, 0.05) is 24.2 Å². The van der Waals surface area contributed by atoms with E-state index >= 15 is 0 Å². The number of aromatic nitrogens is 3. The first-order valence-corrected chi connectivity index (χ1v) is 6.91. The van der Waals surface area contributed by atoms with Crippen molar-refractivity contribution in [3.05, 3.63) is 23.5 Å². The van der Waals surface area contributed by atoms with Gasteiger partial charge in [0.25, 0.3) is 0 Å². The lowest BCUT2D eigenvalue weighted by atomic mass is 9.92. The summed E-state index contributed by atoms with van der Waals surface area (Å²) >= 11 is 1.56. The van der Waals surface area contributed by atoms with E-state index in [4.69, 9.17) is 0 Å². The van der Waals surface area contributed by atoms with E-state index in [1.165, 1.54) is 0 Å². The van der Waals surface area contributed by atoms with Gasteiger partial charge in [-0.25, -0.2) is 9.97 Å². The molecule has 0 aromatic carbocycles. The highest BCUT2D eigenvalue weighted by Crippen LogP contribution is 2.27. The number of hydrogen-bond donors (Lipinski definition) is 1. The Morgan fingerprint density at radius 3 is 2.61 bits per heavy atom. The first-order valence-electron chi connectivity index (χ1n) is 6.03. The van der Waals surface area contributed by atoms with Crippen LogP contribution in [0.15, 0.2) is 17.8 Å². The van der Waals surface area contributed by atoms with Crippen molar-refractivity contribution in [3.8, 4) is 10.7 Å². The minimum Gasteiger partial charge on any atom is -0.370 e. The molecule has 96 valence electrons.